The van der Waals surface area contributed by atoms with Crippen LogP contribution in [0.25, 0.3) is 0 Å². The molecule has 0 fully saturated rings. The van der Waals surface area contributed by atoms with E-state index in [1.54, 1.807) is 11.8 Å². The molecule has 0 heterocycles. The SMILES string of the molecule is N#Cc1ccc(Sc2ccc(Nc3ccc(C#Cc4ccc(Br)cc4)cc3)cc2)cc1. The fraction of sp³-hybridized carbons (Fsp3) is 0. The second kappa shape index (κ2) is 10.0. The van der Waals surface area contributed by atoms with E-state index >= 15 is 0 Å². The van der Waals surface area contributed by atoms with Gasteiger partial charge in [-0.15, -0.1) is 0 Å². The third kappa shape index (κ3) is 6.03. The van der Waals surface area contributed by atoms with E-state index in [4.69, 9.17) is 5.26 Å². The zero-order valence-electron chi connectivity index (χ0n) is 16.5. The molecule has 0 spiro atoms. The number of hydrogen-bond donors (Lipinski definition) is 1. The Bertz CT molecular complexity index is 1260. The molecule has 0 aromatic heterocycles. The van der Waals surface area contributed by atoms with Gasteiger partial charge in [-0.1, -0.05) is 39.5 Å². The number of hydrogen-bond acceptors (Lipinski definition) is 3. The molecule has 4 aromatic carbocycles. The highest BCUT2D eigenvalue weighted by molar-refractivity contribution is 9.10. The van der Waals surface area contributed by atoms with Crippen LogP contribution in [-0.2, 0) is 0 Å². The molecule has 0 radical (unpaired) electrons. The van der Waals surface area contributed by atoms with Crippen LogP contribution in [-0.4, -0.2) is 0 Å². The monoisotopic (exact) mass is 480 g/mol. The Morgan fingerprint density at radius 2 is 1.00 bits per heavy atom. The van der Waals surface area contributed by atoms with E-state index in [9.17, 15) is 0 Å². The highest BCUT2D eigenvalue weighted by Gasteiger charge is 2.00. The minimum Gasteiger partial charge on any atom is -0.356 e. The predicted octanol–water partition coefficient (Wildman–Crippen LogP) is 7.62. The van der Waals surface area contributed by atoms with E-state index in [0.29, 0.717) is 5.56 Å². The van der Waals surface area contributed by atoms with E-state index in [1.165, 1.54) is 0 Å². The summed E-state index contributed by atoms with van der Waals surface area (Å²) in [4.78, 5) is 2.26. The van der Waals surface area contributed by atoms with E-state index in [-0.39, 0.29) is 0 Å². The van der Waals surface area contributed by atoms with E-state index < -0.39 is 0 Å². The molecule has 0 amide bonds. The minimum atomic E-state index is 0.675. The highest BCUT2D eigenvalue weighted by Crippen LogP contribution is 2.29. The molecule has 0 saturated heterocycles. The largest absolute Gasteiger partial charge is 0.356 e. The van der Waals surface area contributed by atoms with Crippen LogP contribution in [0.2, 0.25) is 0 Å². The zero-order chi connectivity index (χ0) is 21.5. The van der Waals surface area contributed by atoms with Crippen molar-refractivity contribution in [1.29, 1.82) is 5.26 Å². The number of anilines is 2. The number of rotatable bonds is 4. The molecule has 0 atom stereocenters. The van der Waals surface area contributed by atoms with Crippen LogP contribution in [0.4, 0.5) is 11.4 Å². The lowest BCUT2D eigenvalue weighted by atomic mass is 10.1. The number of benzene rings is 4. The molecule has 4 rings (SSSR count). The fourth-order valence-electron chi connectivity index (χ4n) is 2.82. The summed E-state index contributed by atoms with van der Waals surface area (Å²) in [5, 5.41) is 12.3. The van der Waals surface area contributed by atoms with Crippen LogP contribution in [0.3, 0.4) is 0 Å². The molecular formula is C27H17BrN2S. The predicted molar refractivity (Wildman–Crippen MR) is 132 cm³/mol. The molecule has 148 valence electrons. The number of nitriles is 1. The van der Waals surface area contributed by atoms with Crippen molar-refractivity contribution < 1.29 is 0 Å². The first kappa shape index (κ1) is 20.8. The standard InChI is InChI=1S/C27H17BrN2S/c28-23-9-3-20(4-10-23)1-2-21-5-11-24(12-6-21)30-25-13-17-27(18-14-25)31-26-15-7-22(19-29)8-16-26/h3-18,30H. The van der Waals surface area contributed by atoms with Crippen LogP contribution in [0, 0.1) is 23.2 Å². The third-order valence-electron chi connectivity index (χ3n) is 4.44. The first-order valence-electron chi connectivity index (χ1n) is 9.61. The van der Waals surface area contributed by atoms with Gasteiger partial charge in [-0.2, -0.15) is 5.26 Å². The molecule has 0 saturated carbocycles. The summed E-state index contributed by atoms with van der Waals surface area (Å²) in [7, 11) is 0. The second-order valence-electron chi connectivity index (χ2n) is 6.72. The van der Waals surface area contributed by atoms with Gasteiger partial charge in [0, 0.05) is 36.8 Å². The van der Waals surface area contributed by atoms with Gasteiger partial charge in [-0.05, 0) is 97.1 Å². The molecule has 0 aliphatic rings. The van der Waals surface area contributed by atoms with Gasteiger partial charge < -0.3 is 5.32 Å². The summed E-state index contributed by atoms with van der Waals surface area (Å²) in [6.07, 6.45) is 0. The lowest BCUT2D eigenvalue weighted by Gasteiger charge is -2.08. The average molecular weight is 481 g/mol. The Morgan fingerprint density at radius 3 is 1.52 bits per heavy atom. The summed E-state index contributed by atoms with van der Waals surface area (Å²) < 4.78 is 1.05. The summed E-state index contributed by atoms with van der Waals surface area (Å²) in [6.45, 7) is 0. The molecular weight excluding hydrogens is 464 g/mol. The lowest BCUT2D eigenvalue weighted by molar-refractivity contribution is 1.38. The third-order valence-corrected chi connectivity index (χ3v) is 5.99. The van der Waals surface area contributed by atoms with Crippen molar-refractivity contribution >= 4 is 39.1 Å². The van der Waals surface area contributed by atoms with Gasteiger partial charge in [0.25, 0.3) is 0 Å². The van der Waals surface area contributed by atoms with Crippen molar-refractivity contribution in [3.05, 3.63) is 118 Å². The summed E-state index contributed by atoms with van der Waals surface area (Å²) in [5.41, 5.74) is 4.68. The van der Waals surface area contributed by atoms with Crippen LogP contribution < -0.4 is 5.32 Å². The van der Waals surface area contributed by atoms with E-state index in [1.807, 2.05) is 72.8 Å². The van der Waals surface area contributed by atoms with Gasteiger partial charge in [0.05, 0.1) is 11.6 Å². The number of halogens is 1. The molecule has 4 aromatic rings. The lowest BCUT2D eigenvalue weighted by Crippen LogP contribution is -1.90. The smallest absolute Gasteiger partial charge is 0.0991 e. The maximum absolute atomic E-state index is 8.90. The summed E-state index contributed by atoms with van der Waals surface area (Å²) >= 11 is 5.11. The molecule has 2 nitrogen and oxygen atoms in total. The average Bonchev–Trinajstić information content (AvgIpc) is 2.81. The first-order chi connectivity index (χ1) is 15.2. The van der Waals surface area contributed by atoms with Gasteiger partial charge in [0.2, 0.25) is 0 Å². The van der Waals surface area contributed by atoms with E-state index in [0.717, 1.165) is 36.8 Å². The Balaban J connectivity index is 1.36. The van der Waals surface area contributed by atoms with Gasteiger partial charge in [0.1, 0.15) is 0 Å². The van der Waals surface area contributed by atoms with Gasteiger partial charge in [0.15, 0.2) is 0 Å². The minimum absolute atomic E-state index is 0.675. The number of nitrogens with one attached hydrogen (secondary N) is 1. The Labute approximate surface area is 195 Å². The van der Waals surface area contributed by atoms with Crippen molar-refractivity contribution in [3.63, 3.8) is 0 Å². The summed E-state index contributed by atoms with van der Waals surface area (Å²) in [5.74, 6) is 6.38. The Hall–Kier alpha value is -3.44. The van der Waals surface area contributed by atoms with Gasteiger partial charge in [-0.3, -0.25) is 0 Å². The van der Waals surface area contributed by atoms with Crippen LogP contribution in [0.1, 0.15) is 16.7 Å². The van der Waals surface area contributed by atoms with Crippen molar-refractivity contribution in [2.45, 2.75) is 9.79 Å². The molecule has 1 N–H and O–H groups in total. The number of nitrogens with zero attached hydrogens (tertiary/aromatic N) is 1. The normalized spacial score (nSPS) is 9.94. The zero-order valence-corrected chi connectivity index (χ0v) is 18.9. The Morgan fingerprint density at radius 1 is 0.581 bits per heavy atom. The van der Waals surface area contributed by atoms with Crippen LogP contribution in [0.5, 0.6) is 0 Å². The van der Waals surface area contributed by atoms with Crippen molar-refractivity contribution in [2.24, 2.45) is 0 Å². The summed E-state index contributed by atoms with van der Waals surface area (Å²) in [6, 6.07) is 34.1. The Kier molecular flexibility index (Phi) is 6.75. The molecule has 4 heteroatoms. The second-order valence-corrected chi connectivity index (χ2v) is 8.78. The first-order valence-corrected chi connectivity index (χ1v) is 11.2. The van der Waals surface area contributed by atoms with Gasteiger partial charge in [-0.25, -0.2) is 0 Å². The molecule has 0 aliphatic heterocycles. The van der Waals surface area contributed by atoms with Crippen LogP contribution >= 0.6 is 27.7 Å². The van der Waals surface area contributed by atoms with Gasteiger partial charge >= 0.3 is 0 Å². The quantitative estimate of drug-likeness (QED) is 0.305. The van der Waals surface area contributed by atoms with Crippen molar-refractivity contribution in [3.8, 4) is 17.9 Å². The van der Waals surface area contributed by atoms with Crippen molar-refractivity contribution in [2.75, 3.05) is 5.32 Å². The van der Waals surface area contributed by atoms with Crippen molar-refractivity contribution in [1.82, 2.24) is 0 Å². The molecule has 31 heavy (non-hydrogen) atoms. The molecule has 0 aliphatic carbocycles. The topological polar surface area (TPSA) is 35.8 Å². The van der Waals surface area contributed by atoms with E-state index in [2.05, 4.69) is 63.4 Å². The highest BCUT2D eigenvalue weighted by atomic mass is 79.9. The van der Waals surface area contributed by atoms with Crippen LogP contribution in [0.15, 0.2) is 111 Å². The fourth-order valence-corrected chi connectivity index (χ4v) is 3.90. The maximum atomic E-state index is 8.90. The maximum Gasteiger partial charge on any atom is 0.0991 e. The molecule has 0 unspecified atom stereocenters. The molecule has 0 bridgehead atoms.